The highest BCUT2D eigenvalue weighted by Gasteiger charge is 2.07. The van der Waals surface area contributed by atoms with E-state index >= 15 is 0 Å². The Labute approximate surface area is 104 Å². The van der Waals surface area contributed by atoms with Crippen LogP contribution >= 0.6 is 15.9 Å². The molecule has 1 aromatic carbocycles. The number of nitrogens with one attached hydrogen (secondary N) is 1. The lowest BCUT2D eigenvalue weighted by Gasteiger charge is -2.11. The third-order valence-corrected chi connectivity index (χ3v) is 3.61. The Hall–Kier alpha value is -1.09. The molecular formula is C13H15BrN2. The zero-order valence-electron chi connectivity index (χ0n) is 9.76. The smallest absolute Gasteiger partial charge is 0.0870 e. The second-order valence-electron chi connectivity index (χ2n) is 3.93. The zero-order valence-corrected chi connectivity index (χ0v) is 11.4. The molecule has 2 aromatic rings. The summed E-state index contributed by atoms with van der Waals surface area (Å²) in [5, 5.41) is 4.55. The molecule has 0 aliphatic rings. The molecule has 16 heavy (non-hydrogen) atoms. The van der Waals surface area contributed by atoms with E-state index in [0.29, 0.717) is 0 Å². The quantitative estimate of drug-likeness (QED) is 0.897. The lowest BCUT2D eigenvalue weighted by Crippen LogP contribution is -1.99. The van der Waals surface area contributed by atoms with Crippen molar-refractivity contribution >= 4 is 32.5 Å². The number of halogens is 1. The van der Waals surface area contributed by atoms with Crippen molar-refractivity contribution in [2.24, 2.45) is 0 Å². The Kier molecular flexibility index (Phi) is 3.15. The minimum atomic E-state index is 0.921. The van der Waals surface area contributed by atoms with Crippen LogP contribution in [0.2, 0.25) is 0 Å². The van der Waals surface area contributed by atoms with Gasteiger partial charge in [0, 0.05) is 27.8 Å². The van der Waals surface area contributed by atoms with E-state index < -0.39 is 0 Å². The van der Waals surface area contributed by atoms with Crippen molar-refractivity contribution in [1.29, 1.82) is 0 Å². The largest absolute Gasteiger partial charge is 0.385 e. The van der Waals surface area contributed by atoms with Gasteiger partial charge in [-0.25, -0.2) is 0 Å². The van der Waals surface area contributed by atoms with Gasteiger partial charge in [0.1, 0.15) is 0 Å². The molecule has 0 saturated heterocycles. The van der Waals surface area contributed by atoms with Gasteiger partial charge in [-0.2, -0.15) is 0 Å². The van der Waals surface area contributed by atoms with Crippen molar-refractivity contribution in [3.63, 3.8) is 0 Å². The number of anilines is 1. The second kappa shape index (κ2) is 4.42. The monoisotopic (exact) mass is 278 g/mol. The van der Waals surface area contributed by atoms with Gasteiger partial charge in [0.05, 0.1) is 5.52 Å². The minimum absolute atomic E-state index is 0.921. The number of rotatable bonds is 2. The lowest BCUT2D eigenvalue weighted by atomic mass is 10.1. The van der Waals surface area contributed by atoms with Crippen LogP contribution in [0.3, 0.4) is 0 Å². The molecule has 0 saturated carbocycles. The van der Waals surface area contributed by atoms with E-state index in [0.717, 1.165) is 27.9 Å². The second-order valence-corrected chi connectivity index (χ2v) is 4.73. The Bertz CT molecular complexity index is 535. The number of nitrogens with zero attached hydrogens (tertiary/aromatic N) is 1. The number of pyridine rings is 1. The number of fused-ring (bicyclic) bond motifs is 1. The Balaban J connectivity index is 2.78. The highest BCUT2D eigenvalue weighted by molar-refractivity contribution is 9.10. The van der Waals surface area contributed by atoms with Gasteiger partial charge < -0.3 is 5.32 Å². The third-order valence-electron chi connectivity index (χ3n) is 2.61. The van der Waals surface area contributed by atoms with Crippen molar-refractivity contribution in [3.05, 3.63) is 33.9 Å². The normalized spacial score (nSPS) is 10.8. The zero-order chi connectivity index (χ0) is 11.7. The van der Waals surface area contributed by atoms with Crippen LogP contribution in [0.4, 0.5) is 5.69 Å². The molecule has 1 N–H and O–H groups in total. The van der Waals surface area contributed by atoms with E-state index in [1.54, 1.807) is 0 Å². The first-order valence-electron chi connectivity index (χ1n) is 5.43. The number of benzene rings is 1. The van der Waals surface area contributed by atoms with Crippen molar-refractivity contribution < 1.29 is 0 Å². The first-order chi connectivity index (χ1) is 7.63. The van der Waals surface area contributed by atoms with Crippen LogP contribution in [0.25, 0.3) is 10.9 Å². The van der Waals surface area contributed by atoms with Crippen LogP contribution in [0.5, 0.6) is 0 Å². The summed E-state index contributed by atoms with van der Waals surface area (Å²) < 4.78 is 1.09. The standard InChI is InChI=1S/C13H15BrN2/c1-4-15-11-7-9(3)16-13-10(11)6-5-8(2)12(13)14/h5-7H,4H2,1-3H3,(H,15,16). The van der Waals surface area contributed by atoms with E-state index in [2.05, 4.69) is 58.3 Å². The molecular weight excluding hydrogens is 264 g/mol. The van der Waals surface area contributed by atoms with Crippen LogP contribution in [0.1, 0.15) is 18.2 Å². The fourth-order valence-corrected chi connectivity index (χ4v) is 2.26. The van der Waals surface area contributed by atoms with E-state index in [-0.39, 0.29) is 0 Å². The highest BCUT2D eigenvalue weighted by Crippen LogP contribution is 2.30. The summed E-state index contributed by atoms with van der Waals surface area (Å²) >= 11 is 3.61. The van der Waals surface area contributed by atoms with Gasteiger partial charge >= 0.3 is 0 Å². The molecule has 3 heteroatoms. The Morgan fingerprint density at radius 1 is 1.31 bits per heavy atom. The number of aromatic nitrogens is 1. The molecule has 0 amide bonds. The SMILES string of the molecule is CCNc1cc(C)nc2c(Br)c(C)ccc12. The van der Waals surface area contributed by atoms with E-state index in [1.807, 2.05) is 6.92 Å². The maximum Gasteiger partial charge on any atom is 0.0870 e. The predicted octanol–water partition coefficient (Wildman–Crippen LogP) is 4.05. The summed E-state index contributed by atoms with van der Waals surface area (Å²) in [7, 11) is 0. The van der Waals surface area contributed by atoms with Crippen LogP contribution in [-0.4, -0.2) is 11.5 Å². The highest BCUT2D eigenvalue weighted by atomic mass is 79.9. The molecule has 1 heterocycles. The molecule has 0 aliphatic carbocycles. The topological polar surface area (TPSA) is 24.9 Å². The summed E-state index contributed by atoms with van der Waals surface area (Å²) in [4.78, 5) is 4.59. The molecule has 0 atom stereocenters. The van der Waals surface area contributed by atoms with Crippen LogP contribution in [0.15, 0.2) is 22.7 Å². The Morgan fingerprint density at radius 2 is 2.06 bits per heavy atom. The van der Waals surface area contributed by atoms with Gasteiger partial charge in [-0.15, -0.1) is 0 Å². The molecule has 2 nitrogen and oxygen atoms in total. The van der Waals surface area contributed by atoms with Crippen LogP contribution in [0, 0.1) is 13.8 Å². The van der Waals surface area contributed by atoms with Crippen molar-refractivity contribution in [2.75, 3.05) is 11.9 Å². The summed E-state index contributed by atoms with van der Waals surface area (Å²) in [6.45, 7) is 7.13. The number of hydrogen-bond donors (Lipinski definition) is 1. The number of hydrogen-bond acceptors (Lipinski definition) is 2. The van der Waals surface area contributed by atoms with Gasteiger partial charge in [0.2, 0.25) is 0 Å². The maximum atomic E-state index is 4.59. The lowest BCUT2D eigenvalue weighted by molar-refractivity contribution is 1.19. The maximum absolute atomic E-state index is 4.59. The van der Waals surface area contributed by atoms with Crippen molar-refractivity contribution in [1.82, 2.24) is 4.98 Å². The van der Waals surface area contributed by atoms with Gasteiger partial charge in [0.15, 0.2) is 0 Å². The Morgan fingerprint density at radius 3 is 2.75 bits per heavy atom. The fraction of sp³-hybridized carbons (Fsp3) is 0.308. The molecule has 1 aromatic heterocycles. The van der Waals surface area contributed by atoms with E-state index in [4.69, 9.17) is 0 Å². The molecule has 0 bridgehead atoms. The predicted molar refractivity (Wildman–Crippen MR) is 73.1 cm³/mol. The van der Waals surface area contributed by atoms with Crippen LogP contribution < -0.4 is 5.32 Å². The number of aryl methyl sites for hydroxylation is 2. The fourth-order valence-electron chi connectivity index (χ4n) is 1.82. The molecule has 0 fully saturated rings. The summed E-state index contributed by atoms with van der Waals surface area (Å²) in [5.74, 6) is 0. The minimum Gasteiger partial charge on any atom is -0.385 e. The van der Waals surface area contributed by atoms with E-state index in [9.17, 15) is 0 Å². The van der Waals surface area contributed by atoms with Crippen LogP contribution in [-0.2, 0) is 0 Å². The van der Waals surface area contributed by atoms with Gasteiger partial charge in [-0.1, -0.05) is 12.1 Å². The molecule has 0 aliphatic heterocycles. The molecule has 0 unspecified atom stereocenters. The average molecular weight is 279 g/mol. The average Bonchev–Trinajstić information content (AvgIpc) is 2.24. The molecule has 0 radical (unpaired) electrons. The van der Waals surface area contributed by atoms with Gasteiger partial charge in [-0.05, 0) is 48.3 Å². The van der Waals surface area contributed by atoms with E-state index in [1.165, 1.54) is 10.9 Å². The van der Waals surface area contributed by atoms with Gasteiger partial charge in [-0.3, -0.25) is 4.98 Å². The summed E-state index contributed by atoms with van der Waals surface area (Å²) in [5.41, 5.74) is 4.45. The first-order valence-corrected chi connectivity index (χ1v) is 6.23. The molecule has 84 valence electrons. The summed E-state index contributed by atoms with van der Waals surface area (Å²) in [6.07, 6.45) is 0. The first kappa shape index (κ1) is 11.4. The molecule has 2 rings (SSSR count). The third kappa shape index (κ3) is 1.92. The van der Waals surface area contributed by atoms with Crippen molar-refractivity contribution in [3.8, 4) is 0 Å². The molecule has 0 spiro atoms. The summed E-state index contributed by atoms with van der Waals surface area (Å²) in [6, 6.07) is 6.33. The van der Waals surface area contributed by atoms with Gasteiger partial charge in [0.25, 0.3) is 0 Å². The van der Waals surface area contributed by atoms with Crippen molar-refractivity contribution in [2.45, 2.75) is 20.8 Å².